The van der Waals surface area contributed by atoms with Crippen LogP contribution in [-0.4, -0.2) is 48.3 Å². The number of carbonyl (C=O) groups is 1. The summed E-state index contributed by atoms with van der Waals surface area (Å²) >= 11 is 0. The van der Waals surface area contributed by atoms with E-state index in [1.54, 1.807) is 17.6 Å². The van der Waals surface area contributed by atoms with E-state index in [0.717, 1.165) is 18.6 Å². The number of aryl methyl sites for hydroxylation is 1. The van der Waals surface area contributed by atoms with Crippen molar-refractivity contribution in [3.8, 4) is 17.1 Å². The number of carboxylic acids is 1. The second kappa shape index (κ2) is 11.2. The van der Waals surface area contributed by atoms with E-state index >= 15 is 8.78 Å². The lowest BCUT2D eigenvalue weighted by Crippen LogP contribution is -2.32. The molecule has 0 aliphatic carbocycles. The van der Waals surface area contributed by atoms with Gasteiger partial charge in [-0.3, -0.25) is 4.98 Å². The first kappa shape index (κ1) is 27.3. The summed E-state index contributed by atoms with van der Waals surface area (Å²) in [5.41, 5.74) is 1.50. The van der Waals surface area contributed by atoms with Gasteiger partial charge >= 0.3 is 5.97 Å². The second-order valence-electron chi connectivity index (χ2n) is 9.96. The SMILES string of the molecule is Cc1cnc(COc2cccc(-c3cc(F)c(Cc4nc5ccc(C(=O)O)nc5n4CC4CCO4)cc3F)n2)c(F)c1. The summed E-state index contributed by atoms with van der Waals surface area (Å²) in [7, 11) is 0. The molecular formula is C30H24F3N5O4. The molecule has 0 amide bonds. The Bertz CT molecular complexity index is 1820. The number of pyridine rings is 3. The van der Waals surface area contributed by atoms with Crippen LogP contribution in [0.1, 0.15) is 39.6 Å². The lowest BCUT2D eigenvalue weighted by atomic mass is 10.0. The highest BCUT2D eigenvalue weighted by Gasteiger charge is 2.24. The van der Waals surface area contributed by atoms with Gasteiger partial charge in [-0.25, -0.2) is 32.9 Å². The molecule has 5 aromatic rings. The maximum absolute atomic E-state index is 15.4. The van der Waals surface area contributed by atoms with Gasteiger partial charge in [0.05, 0.1) is 18.3 Å². The lowest BCUT2D eigenvalue weighted by Gasteiger charge is -2.27. The summed E-state index contributed by atoms with van der Waals surface area (Å²) in [4.78, 5) is 28.5. The van der Waals surface area contributed by atoms with Gasteiger partial charge in [0.25, 0.3) is 0 Å². The summed E-state index contributed by atoms with van der Waals surface area (Å²) in [6.07, 6.45) is 2.15. The molecule has 4 aromatic heterocycles. The van der Waals surface area contributed by atoms with Gasteiger partial charge in [-0.1, -0.05) is 6.07 Å². The van der Waals surface area contributed by atoms with Crippen LogP contribution in [-0.2, 0) is 24.3 Å². The Morgan fingerprint density at radius 3 is 2.64 bits per heavy atom. The van der Waals surface area contributed by atoms with Gasteiger partial charge in [-0.2, -0.15) is 0 Å². The molecule has 42 heavy (non-hydrogen) atoms. The quantitative estimate of drug-likeness (QED) is 0.253. The van der Waals surface area contributed by atoms with Crippen molar-refractivity contribution < 1.29 is 32.5 Å². The second-order valence-corrected chi connectivity index (χ2v) is 9.96. The summed E-state index contributed by atoms with van der Waals surface area (Å²) in [6, 6.07) is 11.0. The van der Waals surface area contributed by atoms with Crippen molar-refractivity contribution in [1.82, 2.24) is 24.5 Å². The number of carboxylic acid groups (broad SMARTS) is 1. The first-order valence-electron chi connectivity index (χ1n) is 13.2. The standard InChI is InChI=1S/C30H24F3N5O4/c1-16-9-22(33)26(34-13-16)15-42-28-4-2-3-23(36-28)19-12-20(31)17(10-21(19)32)11-27-35-24-5-6-25(30(39)40)37-29(24)38(27)14-18-7-8-41-18/h2-6,9-10,12-13,18H,7-8,11,14-15H2,1H3,(H,39,40). The molecule has 0 spiro atoms. The maximum atomic E-state index is 15.4. The highest BCUT2D eigenvalue weighted by Crippen LogP contribution is 2.28. The van der Waals surface area contributed by atoms with Gasteiger partial charge in [0.2, 0.25) is 5.88 Å². The minimum absolute atomic E-state index is 0.0501. The van der Waals surface area contributed by atoms with E-state index in [9.17, 15) is 14.3 Å². The van der Waals surface area contributed by atoms with Crippen molar-refractivity contribution >= 4 is 17.1 Å². The molecule has 1 fully saturated rings. The number of benzene rings is 1. The van der Waals surface area contributed by atoms with Crippen molar-refractivity contribution in [2.24, 2.45) is 0 Å². The van der Waals surface area contributed by atoms with Crippen LogP contribution in [0.15, 0.2) is 54.7 Å². The predicted molar refractivity (Wildman–Crippen MR) is 145 cm³/mol. The third-order valence-electron chi connectivity index (χ3n) is 6.96. The van der Waals surface area contributed by atoms with Crippen LogP contribution < -0.4 is 4.74 Å². The zero-order valence-electron chi connectivity index (χ0n) is 22.4. The Labute approximate surface area is 237 Å². The number of nitrogens with zero attached hydrogens (tertiary/aromatic N) is 5. The smallest absolute Gasteiger partial charge is 0.354 e. The molecule has 1 aliphatic rings. The molecule has 0 bridgehead atoms. The number of ether oxygens (including phenoxy) is 2. The van der Waals surface area contributed by atoms with Gasteiger partial charge < -0.3 is 19.1 Å². The summed E-state index contributed by atoms with van der Waals surface area (Å²) in [6.45, 7) is 2.50. The molecule has 5 heterocycles. The molecule has 9 nitrogen and oxygen atoms in total. The van der Waals surface area contributed by atoms with E-state index in [4.69, 9.17) is 9.47 Å². The van der Waals surface area contributed by atoms with Crippen molar-refractivity contribution in [2.75, 3.05) is 6.61 Å². The fourth-order valence-corrected chi connectivity index (χ4v) is 4.67. The fourth-order valence-electron chi connectivity index (χ4n) is 4.67. The van der Waals surface area contributed by atoms with E-state index in [1.165, 1.54) is 36.5 Å². The van der Waals surface area contributed by atoms with Crippen LogP contribution in [0.25, 0.3) is 22.4 Å². The molecule has 1 unspecified atom stereocenters. The van der Waals surface area contributed by atoms with E-state index in [0.29, 0.717) is 35.7 Å². The van der Waals surface area contributed by atoms with Gasteiger partial charge in [0.15, 0.2) is 11.3 Å². The summed E-state index contributed by atoms with van der Waals surface area (Å²) < 4.78 is 57.7. The zero-order valence-corrected chi connectivity index (χ0v) is 22.4. The third-order valence-corrected chi connectivity index (χ3v) is 6.96. The lowest BCUT2D eigenvalue weighted by molar-refractivity contribution is -0.0590. The van der Waals surface area contributed by atoms with E-state index in [1.807, 2.05) is 0 Å². The Morgan fingerprint density at radius 1 is 1.07 bits per heavy atom. The largest absolute Gasteiger partial charge is 0.477 e. The molecule has 1 atom stereocenters. The minimum Gasteiger partial charge on any atom is -0.477 e. The van der Waals surface area contributed by atoms with E-state index in [-0.39, 0.29) is 53.2 Å². The molecule has 0 radical (unpaired) electrons. The van der Waals surface area contributed by atoms with E-state index < -0.39 is 23.4 Å². The van der Waals surface area contributed by atoms with Crippen LogP contribution in [0.5, 0.6) is 5.88 Å². The molecule has 0 saturated carbocycles. The minimum atomic E-state index is -1.18. The van der Waals surface area contributed by atoms with Crippen molar-refractivity contribution in [1.29, 1.82) is 0 Å². The van der Waals surface area contributed by atoms with E-state index in [2.05, 4.69) is 19.9 Å². The van der Waals surface area contributed by atoms with Gasteiger partial charge in [-0.05, 0) is 60.9 Å². The predicted octanol–water partition coefficient (Wildman–Crippen LogP) is 5.27. The Balaban J connectivity index is 1.27. The topological polar surface area (TPSA) is 112 Å². The first-order valence-corrected chi connectivity index (χ1v) is 13.2. The average Bonchev–Trinajstić information content (AvgIpc) is 3.28. The normalized spacial score (nSPS) is 14.6. The molecule has 12 heteroatoms. The van der Waals surface area contributed by atoms with Gasteiger partial charge in [-0.15, -0.1) is 0 Å². The van der Waals surface area contributed by atoms with Gasteiger partial charge in [0, 0.05) is 30.9 Å². The van der Waals surface area contributed by atoms with Crippen molar-refractivity contribution in [3.05, 3.63) is 101 Å². The Hall–Kier alpha value is -4.84. The molecular weight excluding hydrogens is 551 g/mol. The number of hydrogen-bond acceptors (Lipinski definition) is 7. The molecule has 6 rings (SSSR count). The fraction of sp³-hybridized carbons (Fsp3) is 0.233. The van der Waals surface area contributed by atoms with Crippen LogP contribution in [0.2, 0.25) is 0 Å². The molecule has 1 N–H and O–H groups in total. The van der Waals surface area contributed by atoms with Gasteiger partial charge in [0.1, 0.15) is 41.1 Å². The monoisotopic (exact) mass is 575 g/mol. The number of aromatic nitrogens is 5. The molecule has 1 saturated heterocycles. The summed E-state index contributed by atoms with van der Waals surface area (Å²) in [5.74, 6) is -2.59. The summed E-state index contributed by atoms with van der Waals surface area (Å²) in [5, 5.41) is 9.38. The number of halogens is 3. The van der Waals surface area contributed by atoms with Crippen molar-refractivity contribution in [3.63, 3.8) is 0 Å². The number of imidazole rings is 1. The van der Waals surface area contributed by atoms with Crippen LogP contribution in [0.4, 0.5) is 13.2 Å². The molecule has 1 aliphatic heterocycles. The first-order chi connectivity index (χ1) is 20.2. The highest BCUT2D eigenvalue weighted by molar-refractivity contribution is 5.88. The number of rotatable bonds is 9. The van der Waals surface area contributed by atoms with Crippen LogP contribution in [0, 0.1) is 24.4 Å². The van der Waals surface area contributed by atoms with Crippen LogP contribution >= 0.6 is 0 Å². The Morgan fingerprint density at radius 2 is 1.90 bits per heavy atom. The number of fused-ring (bicyclic) bond motifs is 1. The number of hydrogen-bond donors (Lipinski definition) is 1. The van der Waals surface area contributed by atoms with Crippen LogP contribution in [0.3, 0.4) is 0 Å². The maximum Gasteiger partial charge on any atom is 0.354 e. The third kappa shape index (κ3) is 5.53. The molecule has 214 valence electrons. The number of aromatic carboxylic acids is 1. The zero-order chi connectivity index (χ0) is 29.4. The molecule has 1 aromatic carbocycles. The average molecular weight is 576 g/mol. The Kier molecular flexibility index (Phi) is 7.29. The van der Waals surface area contributed by atoms with Crippen molar-refractivity contribution in [2.45, 2.75) is 39.0 Å². The highest BCUT2D eigenvalue weighted by atomic mass is 19.1.